The Morgan fingerprint density at radius 3 is 1.64 bits per heavy atom. The third-order valence-electron chi connectivity index (χ3n) is 3.95. The molecule has 114 valence electrons. The number of hydrogen-bond acceptors (Lipinski definition) is 3. The number of hydrogen-bond donors (Lipinski definition) is 1. The van der Waals surface area contributed by atoms with Gasteiger partial charge in [0.05, 0.1) is 5.56 Å². The van der Waals surface area contributed by atoms with Crippen LogP contribution in [0.4, 0.5) is 15.8 Å². The Labute approximate surface area is 128 Å². The van der Waals surface area contributed by atoms with Gasteiger partial charge in [-0.1, -0.05) is 0 Å². The number of aromatic carboxylic acids is 1. The number of rotatable bonds is 3. The maximum absolute atomic E-state index is 13.0. The van der Waals surface area contributed by atoms with Gasteiger partial charge in [-0.05, 0) is 48.5 Å². The predicted molar refractivity (Wildman–Crippen MR) is 84.2 cm³/mol. The van der Waals surface area contributed by atoms with Crippen LogP contribution in [-0.2, 0) is 0 Å². The van der Waals surface area contributed by atoms with Crippen LogP contribution in [0.15, 0.2) is 48.5 Å². The molecule has 0 unspecified atom stereocenters. The molecule has 0 saturated carbocycles. The van der Waals surface area contributed by atoms with Gasteiger partial charge in [0.1, 0.15) is 5.82 Å². The summed E-state index contributed by atoms with van der Waals surface area (Å²) in [6, 6.07) is 13.5. The molecule has 1 N–H and O–H groups in total. The number of carbonyl (C=O) groups is 1. The van der Waals surface area contributed by atoms with E-state index in [4.69, 9.17) is 5.11 Å². The fourth-order valence-corrected chi connectivity index (χ4v) is 2.69. The van der Waals surface area contributed by atoms with Crippen molar-refractivity contribution in [1.29, 1.82) is 0 Å². The van der Waals surface area contributed by atoms with Crippen LogP contribution in [0.5, 0.6) is 0 Å². The third-order valence-corrected chi connectivity index (χ3v) is 3.95. The predicted octanol–water partition coefficient (Wildman–Crippen LogP) is 2.85. The van der Waals surface area contributed by atoms with E-state index in [2.05, 4.69) is 9.80 Å². The van der Waals surface area contributed by atoms with E-state index in [1.165, 1.54) is 12.1 Å². The largest absolute Gasteiger partial charge is 0.478 e. The smallest absolute Gasteiger partial charge is 0.335 e. The van der Waals surface area contributed by atoms with Crippen molar-refractivity contribution in [3.8, 4) is 0 Å². The third kappa shape index (κ3) is 3.03. The van der Waals surface area contributed by atoms with Gasteiger partial charge in [0.15, 0.2) is 0 Å². The van der Waals surface area contributed by atoms with E-state index < -0.39 is 5.97 Å². The van der Waals surface area contributed by atoms with E-state index in [-0.39, 0.29) is 5.82 Å². The quantitative estimate of drug-likeness (QED) is 0.946. The van der Waals surface area contributed by atoms with Crippen LogP contribution in [0.25, 0.3) is 0 Å². The molecule has 0 atom stereocenters. The second-order valence-electron chi connectivity index (χ2n) is 5.30. The summed E-state index contributed by atoms with van der Waals surface area (Å²) in [5.41, 5.74) is 2.36. The van der Waals surface area contributed by atoms with Crippen LogP contribution in [0, 0.1) is 5.82 Å². The molecule has 1 saturated heterocycles. The lowest BCUT2D eigenvalue weighted by molar-refractivity contribution is 0.0697. The number of carboxylic acid groups (broad SMARTS) is 1. The van der Waals surface area contributed by atoms with Gasteiger partial charge < -0.3 is 14.9 Å². The van der Waals surface area contributed by atoms with E-state index in [1.54, 1.807) is 24.3 Å². The molecular formula is C17H17FN2O2. The van der Waals surface area contributed by atoms with Crippen molar-refractivity contribution >= 4 is 17.3 Å². The second-order valence-corrected chi connectivity index (χ2v) is 5.30. The van der Waals surface area contributed by atoms with E-state index in [0.717, 1.165) is 37.6 Å². The topological polar surface area (TPSA) is 43.8 Å². The minimum Gasteiger partial charge on any atom is -0.478 e. The minimum atomic E-state index is -0.910. The molecule has 2 aromatic rings. The molecule has 1 aliphatic rings. The number of piperazine rings is 1. The number of anilines is 2. The van der Waals surface area contributed by atoms with E-state index in [9.17, 15) is 9.18 Å². The summed E-state index contributed by atoms with van der Waals surface area (Å²) in [6.07, 6.45) is 0. The number of carboxylic acids is 1. The highest BCUT2D eigenvalue weighted by molar-refractivity contribution is 5.88. The van der Waals surface area contributed by atoms with Crippen molar-refractivity contribution in [3.05, 3.63) is 59.9 Å². The second kappa shape index (κ2) is 6.05. The van der Waals surface area contributed by atoms with Crippen molar-refractivity contribution in [1.82, 2.24) is 0 Å². The summed E-state index contributed by atoms with van der Waals surface area (Å²) in [5, 5.41) is 8.92. The lowest BCUT2D eigenvalue weighted by Gasteiger charge is -2.37. The lowest BCUT2D eigenvalue weighted by atomic mass is 10.1. The first-order valence-electron chi connectivity index (χ1n) is 7.22. The van der Waals surface area contributed by atoms with Gasteiger partial charge in [0.2, 0.25) is 0 Å². The molecule has 0 bridgehead atoms. The average molecular weight is 300 g/mol. The summed E-state index contributed by atoms with van der Waals surface area (Å²) < 4.78 is 13.0. The molecule has 0 spiro atoms. The molecule has 5 heteroatoms. The zero-order chi connectivity index (χ0) is 15.5. The van der Waals surface area contributed by atoms with Crippen LogP contribution in [0.2, 0.25) is 0 Å². The van der Waals surface area contributed by atoms with Gasteiger partial charge in [0, 0.05) is 37.6 Å². The first-order chi connectivity index (χ1) is 10.6. The van der Waals surface area contributed by atoms with Gasteiger partial charge in [0.25, 0.3) is 0 Å². The maximum atomic E-state index is 13.0. The van der Waals surface area contributed by atoms with Crippen LogP contribution < -0.4 is 9.80 Å². The van der Waals surface area contributed by atoms with E-state index in [1.807, 2.05) is 12.1 Å². The summed E-state index contributed by atoms with van der Waals surface area (Å²) in [6.45, 7) is 3.41. The van der Waals surface area contributed by atoms with Crippen molar-refractivity contribution in [3.63, 3.8) is 0 Å². The first-order valence-corrected chi connectivity index (χ1v) is 7.22. The van der Waals surface area contributed by atoms with Gasteiger partial charge in [-0.25, -0.2) is 9.18 Å². The number of halogens is 1. The number of benzene rings is 2. The van der Waals surface area contributed by atoms with Crippen molar-refractivity contribution < 1.29 is 14.3 Å². The fraction of sp³-hybridized carbons (Fsp3) is 0.235. The highest BCUT2D eigenvalue weighted by Crippen LogP contribution is 2.21. The van der Waals surface area contributed by atoms with Crippen molar-refractivity contribution in [2.75, 3.05) is 36.0 Å². The molecule has 2 aromatic carbocycles. The molecular weight excluding hydrogens is 283 g/mol. The summed E-state index contributed by atoms with van der Waals surface area (Å²) >= 11 is 0. The van der Waals surface area contributed by atoms with Crippen LogP contribution in [0.3, 0.4) is 0 Å². The lowest BCUT2D eigenvalue weighted by Crippen LogP contribution is -2.46. The molecule has 1 heterocycles. The summed E-state index contributed by atoms with van der Waals surface area (Å²) in [4.78, 5) is 15.3. The zero-order valence-corrected chi connectivity index (χ0v) is 12.1. The molecule has 0 radical (unpaired) electrons. The van der Waals surface area contributed by atoms with Crippen LogP contribution >= 0.6 is 0 Å². The highest BCUT2D eigenvalue weighted by atomic mass is 19.1. The molecule has 0 aromatic heterocycles. The number of nitrogens with zero attached hydrogens (tertiary/aromatic N) is 2. The van der Waals surface area contributed by atoms with Crippen molar-refractivity contribution in [2.24, 2.45) is 0 Å². The van der Waals surface area contributed by atoms with Crippen LogP contribution in [-0.4, -0.2) is 37.3 Å². The molecule has 1 fully saturated rings. The van der Waals surface area contributed by atoms with Gasteiger partial charge in [-0.3, -0.25) is 0 Å². The maximum Gasteiger partial charge on any atom is 0.335 e. The molecule has 0 amide bonds. The van der Waals surface area contributed by atoms with E-state index >= 15 is 0 Å². The summed E-state index contributed by atoms with van der Waals surface area (Å²) in [7, 11) is 0. The van der Waals surface area contributed by atoms with Crippen molar-refractivity contribution in [2.45, 2.75) is 0 Å². The molecule has 0 aliphatic carbocycles. The molecule has 1 aliphatic heterocycles. The Morgan fingerprint density at radius 1 is 0.818 bits per heavy atom. The normalized spacial score (nSPS) is 15.0. The Bertz CT molecular complexity index is 647. The van der Waals surface area contributed by atoms with Crippen LogP contribution in [0.1, 0.15) is 10.4 Å². The molecule has 22 heavy (non-hydrogen) atoms. The molecule has 3 rings (SSSR count). The SMILES string of the molecule is O=C(O)c1ccc(N2CCN(c3ccc(F)cc3)CC2)cc1. The van der Waals surface area contributed by atoms with E-state index in [0.29, 0.717) is 5.56 Å². The monoisotopic (exact) mass is 300 g/mol. The standard InChI is InChI=1S/C17H17FN2O2/c18-14-3-7-16(8-4-14)20-11-9-19(10-12-20)15-5-1-13(2-6-15)17(21)22/h1-8H,9-12H2,(H,21,22). The highest BCUT2D eigenvalue weighted by Gasteiger charge is 2.17. The minimum absolute atomic E-state index is 0.221. The average Bonchev–Trinajstić information content (AvgIpc) is 2.56. The van der Waals surface area contributed by atoms with Gasteiger partial charge in [-0.2, -0.15) is 0 Å². The Balaban J connectivity index is 1.63. The van der Waals surface area contributed by atoms with Gasteiger partial charge >= 0.3 is 5.97 Å². The van der Waals surface area contributed by atoms with Gasteiger partial charge in [-0.15, -0.1) is 0 Å². The Kier molecular flexibility index (Phi) is 3.96. The zero-order valence-electron chi connectivity index (χ0n) is 12.1. The summed E-state index contributed by atoms with van der Waals surface area (Å²) in [5.74, 6) is -1.13. The fourth-order valence-electron chi connectivity index (χ4n) is 2.69. The first kappa shape index (κ1) is 14.4. The Hall–Kier alpha value is -2.56. The Morgan fingerprint density at radius 2 is 1.23 bits per heavy atom. The molecule has 4 nitrogen and oxygen atoms in total.